The molecule has 2 aromatic rings. The molecule has 0 bridgehead atoms. The molecular formula is C18H22N2O. The Kier molecular flexibility index (Phi) is 4.11. The number of ether oxygens (including phenoxy) is 1. The van der Waals surface area contributed by atoms with Crippen molar-refractivity contribution in [1.82, 2.24) is 0 Å². The maximum absolute atomic E-state index is 6.16. The molecule has 0 fully saturated rings. The Morgan fingerprint density at radius 1 is 1.14 bits per heavy atom. The van der Waals surface area contributed by atoms with Crippen LogP contribution >= 0.6 is 0 Å². The van der Waals surface area contributed by atoms with E-state index >= 15 is 0 Å². The van der Waals surface area contributed by atoms with Crippen molar-refractivity contribution in [3.05, 3.63) is 59.7 Å². The minimum absolute atomic E-state index is 0.207. The molecule has 0 spiro atoms. The summed E-state index contributed by atoms with van der Waals surface area (Å²) >= 11 is 0. The van der Waals surface area contributed by atoms with Gasteiger partial charge in [0.2, 0.25) is 0 Å². The summed E-state index contributed by atoms with van der Waals surface area (Å²) in [7, 11) is 0. The van der Waals surface area contributed by atoms with Crippen molar-refractivity contribution in [3.63, 3.8) is 0 Å². The van der Waals surface area contributed by atoms with Gasteiger partial charge in [0.15, 0.2) is 0 Å². The lowest BCUT2D eigenvalue weighted by Crippen LogP contribution is -2.44. The molecule has 110 valence electrons. The molecule has 0 amide bonds. The molecule has 0 saturated carbocycles. The van der Waals surface area contributed by atoms with Gasteiger partial charge in [-0.3, -0.25) is 0 Å². The number of nitrogens with zero attached hydrogens (tertiary/aromatic N) is 1. The molecule has 0 aliphatic carbocycles. The monoisotopic (exact) mass is 282 g/mol. The summed E-state index contributed by atoms with van der Waals surface area (Å²) in [4.78, 5) is 2.34. The highest BCUT2D eigenvalue weighted by Crippen LogP contribution is 2.26. The first-order valence-corrected chi connectivity index (χ1v) is 7.51. The van der Waals surface area contributed by atoms with E-state index < -0.39 is 0 Å². The van der Waals surface area contributed by atoms with Crippen molar-refractivity contribution in [2.45, 2.75) is 19.4 Å². The van der Waals surface area contributed by atoms with E-state index in [0.717, 1.165) is 25.3 Å². The van der Waals surface area contributed by atoms with Crippen molar-refractivity contribution in [2.24, 2.45) is 5.73 Å². The minimum atomic E-state index is 0.207. The highest BCUT2D eigenvalue weighted by atomic mass is 16.5. The molecule has 2 aromatic carbocycles. The van der Waals surface area contributed by atoms with Crippen molar-refractivity contribution in [3.8, 4) is 5.75 Å². The van der Waals surface area contributed by atoms with Crippen LogP contribution in [-0.2, 0) is 6.42 Å². The van der Waals surface area contributed by atoms with Crippen LogP contribution in [0.1, 0.15) is 11.1 Å². The second kappa shape index (κ2) is 6.19. The summed E-state index contributed by atoms with van der Waals surface area (Å²) < 4.78 is 5.91. The molecule has 1 aliphatic heterocycles. The quantitative estimate of drug-likeness (QED) is 0.937. The largest absolute Gasteiger partial charge is 0.491 e. The molecule has 3 heteroatoms. The first-order valence-electron chi connectivity index (χ1n) is 7.51. The number of nitrogens with two attached hydrogens (primary N) is 1. The molecule has 3 rings (SSSR count). The fourth-order valence-electron chi connectivity index (χ4n) is 2.92. The SMILES string of the molecule is Cc1ccccc1OCCN1CC(N)Cc2ccccc21. The van der Waals surface area contributed by atoms with Gasteiger partial charge in [-0.25, -0.2) is 0 Å². The molecular weight excluding hydrogens is 260 g/mol. The van der Waals surface area contributed by atoms with Crippen LogP contribution in [-0.4, -0.2) is 25.7 Å². The van der Waals surface area contributed by atoms with Crippen LogP contribution in [0.25, 0.3) is 0 Å². The topological polar surface area (TPSA) is 38.5 Å². The molecule has 1 unspecified atom stereocenters. The maximum Gasteiger partial charge on any atom is 0.122 e. The summed E-state index contributed by atoms with van der Waals surface area (Å²) in [5, 5.41) is 0. The number of hydrogen-bond acceptors (Lipinski definition) is 3. The molecule has 0 radical (unpaired) electrons. The maximum atomic E-state index is 6.16. The van der Waals surface area contributed by atoms with E-state index in [9.17, 15) is 0 Å². The summed E-state index contributed by atoms with van der Waals surface area (Å²) in [6, 6.07) is 16.9. The number of benzene rings is 2. The van der Waals surface area contributed by atoms with E-state index in [2.05, 4.69) is 42.2 Å². The van der Waals surface area contributed by atoms with Gasteiger partial charge in [0.05, 0.1) is 6.54 Å². The number of hydrogen-bond donors (Lipinski definition) is 1. The van der Waals surface area contributed by atoms with Crippen molar-refractivity contribution in [2.75, 3.05) is 24.6 Å². The van der Waals surface area contributed by atoms with Gasteiger partial charge in [-0.05, 0) is 36.6 Å². The number of para-hydroxylation sites is 2. The van der Waals surface area contributed by atoms with E-state index in [-0.39, 0.29) is 6.04 Å². The number of aryl methyl sites for hydroxylation is 1. The lowest BCUT2D eigenvalue weighted by atomic mass is 9.98. The third kappa shape index (κ3) is 3.19. The standard InChI is InChI=1S/C18H22N2O/c1-14-6-2-5-9-18(14)21-11-10-20-13-16(19)12-15-7-3-4-8-17(15)20/h2-9,16H,10-13,19H2,1H3. The van der Waals surface area contributed by atoms with Crippen molar-refractivity contribution >= 4 is 5.69 Å². The third-order valence-electron chi connectivity index (χ3n) is 3.98. The van der Waals surface area contributed by atoms with Gasteiger partial charge in [-0.15, -0.1) is 0 Å². The van der Waals surface area contributed by atoms with Crippen LogP contribution < -0.4 is 15.4 Å². The molecule has 2 N–H and O–H groups in total. The van der Waals surface area contributed by atoms with Gasteiger partial charge in [0.1, 0.15) is 12.4 Å². The van der Waals surface area contributed by atoms with E-state index in [1.54, 1.807) is 0 Å². The molecule has 0 aromatic heterocycles. The van der Waals surface area contributed by atoms with Gasteiger partial charge in [-0.1, -0.05) is 36.4 Å². The summed E-state index contributed by atoms with van der Waals surface area (Å²) in [5.41, 5.74) is 9.98. The molecule has 1 heterocycles. The summed E-state index contributed by atoms with van der Waals surface area (Å²) in [6.07, 6.45) is 0.964. The van der Waals surface area contributed by atoms with Crippen LogP contribution in [0, 0.1) is 6.92 Å². The molecule has 1 atom stereocenters. The van der Waals surface area contributed by atoms with Crippen LogP contribution in [0.5, 0.6) is 5.75 Å². The first-order chi connectivity index (χ1) is 10.2. The number of fused-ring (bicyclic) bond motifs is 1. The fourth-order valence-corrected chi connectivity index (χ4v) is 2.92. The smallest absolute Gasteiger partial charge is 0.122 e. The zero-order chi connectivity index (χ0) is 14.7. The minimum Gasteiger partial charge on any atom is -0.491 e. The molecule has 0 saturated heterocycles. The predicted molar refractivity (Wildman–Crippen MR) is 87.0 cm³/mol. The summed E-state index contributed by atoms with van der Waals surface area (Å²) in [5.74, 6) is 0.965. The zero-order valence-electron chi connectivity index (χ0n) is 12.5. The highest BCUT2D eigenvalue weighted by molar-refractivity contribution is 5.56. The van der Waals surface area contributed by atoms with Gasteiger partial charge >= 0.3 is 0 Å². The Balaban J connectivity index is 1.65. The van der Waals surface area contributed by atoms with E-state index in [0.29, 0.717) is 6.61 Å². The van der Waals surface area contributed by atoms with E-state index in [1.807, 2.05) is 18.2 Å². The first kappa shape index (κ1) is 14.0. The normalized spacial score (nSPS) is 17.4. The van der Waals surface area contributed by atoms with E-state index in [4.69, 9.17) is 10.5 Å². The third-order valence-corrected chi connectivity index (χ3v) is 3.98. The zero-order valence-corrected chi connectivity index (χ0v) is 12.5. The fraction of sp³-hybridized carbons (Fsp3) is 0.333. The second-order valence-corrected chi connectivity index (χ2v) is 5.65. The van der Waals surface area contributed by atoms with Crippen LogP contribution in [0.2, 0.25) is 0 Å². The van der Waals surface area contributed by atoms with Crippen molar-refractivity contribution < 1.29 is 4.74 Å². The van der Waals surface area contributed by atoms with Crippen LogP contribution in [0.3, 0.4) is 0 Å². The van der Waals surface area contributed by atoms with Crippen molar-refractivity contribution in [1.29, 1.82) is 0 Å². The average molecular weight is 282 g/mol. The van der Waals surface area contributed by atoms with E-state index in [1.165, 1.54) is 16.8 Å². The lowest BCUT2D eigenvalue weighted by molar-refractivity contribution is 0.319. The lowest BCUT2D eigenvalue weighted by Gasteiger charge is -2.34. The summed E-state index contributed by atoms with van der Waals surface area (Å²) in [6.45, 7) is 4.50. The average Bonchev–Trinajstić information content (AvgIpc) is 2.49. The highest BCUT2D eigenvalue weighted by Gasteiger charge is 2.21. The van der Waals surface area contributed by atoms with Crippen LogP contribution in [0.15, 0.2) is 48.5 Å². The Labute approximate surface area is 126 Å². The Morgan fingerprint density at radius 2 is 1.90 bits per heavy atom. The Hall–Kier alpha value is -2.00. The Morgan fingerprint density at radius 3 is 2.76 bits per heavy atom. The molecule has 21 heavy (non-hydrogen) atoms. The van der Waals surface area contributed by atoms with Crippen LogP contribution in [0.4, 0.5) is 5.69 Å². The van der Waals surface area contributed by atoms with Gasteiger partial charge in [0.25, 0.3) is 0 Å². The predicted octanol–water partition coefficient (Wildman–Crippen LogP) is 2.76. The van der Waals surface area contributed by atoms with Gasteiger partial charge in [-0.2, -0.15) is 0 Å². The van der Waals surface area contributed by atoms with Gasteiger partial charge in [0, 0.05) is 18.3 Å². The Bertz CT molecular complexity index is 612. The molecule has 1 aliphatic rings. The number of anilines is 1. The molecule has 3 nitrogen and oxygen atoms in total. The number of rotatable bonds is 4. The van der Waals surface area contributed by atoms with Gasteiger partial charge < -0.3 is 15.4 Å². The second-order valence-electron chi connectivity index (χ2n) is 5.65.